The summed E-state index contributed by atoms with van der Waals surface area (Å²) in [7, 11) is -3.79. The molecule has 1 saturated carbocycles. The number of morpholine rings is 1. The van der Waals surface area contributed by atoms with Crippen molar-refractivity contribution in [3.05, 3.63) is 66.7 Å². The average molecular weight is 579 g/mol. The number of hydrogen-bond donors (Lipinski definition) is 2. The van der Waals surface area contributed by atoms with Gasteiger partial charge in [0.05, 0.1) is 24.9 Å². The van der Waals surface area contributed by atoms with Crippen LogP contribution in [0.25, 0.3) is 11.4 Å². The number of benzene rings is 1. The van der Waals surface area contributed by atoms with Crippen molar-refractivity contribution in [1.82, 2.24) is 24.3 Å². The molecule has 0 radical (unpaired) electrons. The molecule has 12 nitrogen and oxygen atoms in total. The number of nitrogens with zero attached hydrogens (tertiary/aromatic N) is 6. The third-order valence-corrected chi connectivity index (χ3v) is 9.97. The van der Waals surface area contributed by atoms with Crippen LogP contribution in [0.3, 0.4) is 0 Å². The number of carbonyl (C=O) groups excluding carboxylic acids is 1. The molecular weight excluding hydrogens is 552 g/mol. The topological polar surface area (TPSA) is 152 Å². The molecule has 1 saturated heterocycles. The Balaban J connectivity index is 1.35. The zero-order chi connectivity index (χ0) is 27.7. The molecule has 1 aromatic carbocycles. The van der Waals surface area contributed by atoms with Crippen molar-refractivity contribution < 1.29 is 17.9 Å². The lowest BCUT2D eigenvalue weighted by atomic mass is 10.1. The monoisotopic (exact) mass is 578 g/mol. The van der Waals surface area contributed by atoms with Crippen LogP contribution in [0, 0.1) is 0 Å². The number of nitrogens with one attached hydrogen (secondary N) is 2. The van der Waals surface area contributed by atoms with Crippen molar-refractivity contribution in [2.24, 2.45) is 0 Å². The number of sulfone groups is 1. The summed E-state index contributed by atoms with van der Waals surface area (Å²) in [5.41, 5.74) is 1.70. The van der Waals surface area contributed by atoms with Gasteiger partial charge in [0.15, 0.2) is 10.9 Å². The first-order valence-corrected chi connectivity index (χ1v) is 15.0. The highest BCUT2D eigenvalue weighted by Gasteiger charge is 2.58. The van der Waals surface area contributed by atoms with Crippen molar-refractivity contribution >= 4 is 44.0 Å². The third-order valence-electron chi connectivity index (χ3n) is 6.96. The third kappa shape index (κ3) is 5.00. The van der Waals surface area contributed by atoms with Gasteiger partial charge in [0.2, 0.25) is 15.0 Å². The van der Waals surface area contributed by atoms with Gasteiger partial charge >= 0.3 is 6.03 Å². The number of anilines is 3. The van der Waals surface area contributed by atoms with Crippen LogP contribution in [0.15, 0.2) is 66.1 Å². The minimum absolute atomic E-state index is 0.0381. The largest absolute Gasteiger partial charge is 0.377 e. The first kappa shape index (κ1) is 26.2. The number of hydrogen-bond acceptors (Lipinski definition) is 11. The summed E-state index contributed by atoms with van der Waals surface area (Å²) in [6.07, 6.45) is 3.75. The lowest BCUT2D eigenvalue weighted by Gasteiger charge is -2.34. The molecule has 0 unspecified atom stereocenters. The number of ether oxygens (including phenoxy) is 1. The molecule has 1 aliphatic carbocycles. The van der Waals surface area contributed by atoms with Gasteiger partial charge in [0.1, 0.15) is 16.9 Å². The highest BCUT2D eigenvalue weighted by Crippen LogP contribution is 2.54. The molecule has 4 aromatic rings. The molecular formula is C26H26N8O4S2. The van der Waals surface area contributed by atoms with Crippen molar-refractivity contribution in [3.8, 4) is 11.4 Å². The van der Waals surface area contributed by atoms with E-state index in [1.54, 1.807) is 42.5 Å². The summed E-state index contributed by atoms with van der Waals surface area (Å²) in [5.74, 6) is 1.05. The molecule has 4 heterocycles. The van der Waals surface area contributed by atoms with Gasteiger partial charge < -0.3 is 15.0 Å². The second kappa shape index (κ2) is 10.5. The van der Waals surface area contributed by atoms with Gasteiger partial charge in [-0.15, -0.1) is 0 Å². The lowest BCUT2D eigenvalue weighted by Crippen LogP contribution is -2.44. The van der Waals surface area contributed by atoms with Crippen LogP contribution in [0.5, 0.6) is 0 Å². The standard InChI is InChI=1S/C26H26N8O4S2/c1-17-15-38-13-12-34(17)21-14-20(26(9-10-26)40(36,37)22-4-2-3-11-27-22)31-23(32-21)18-5-7-19(8-6-18)30-24(35)33-25-28-16-29-39-25/h2-8,11,14,16-17H,9-10,12-13,15H2,1H3,(H2,28,29,30,33,35)/t17-/m0/s1. The van der Waals surface area contributed by atoms with Gasteiger partial charge in [-0.05, 0) is 56.2 Å². The van der Waals surface area contributed by atoms with Crippen molar-refractivity contribution in [2.45, 2.75) is 35.6 Å². The van der Waals surface area contributed by atoms with E-state index in [1.807, 2.05) is 6.92 Å². The van der Waals surface area contributed by atoms with Crippen LogP contribution in [0.4, 0.5) is 21.4 Å². The number of pyridine rings is 1. The number of carbonyl (C=O) groups is 1. The van der Waals surface area contributed by atoms with E-state index in [0.29, 0.717) is 66.3 Å². The zero-order valence-corrected chi connectivity index (χ0v) is 23.2. The molecule has 0 bridgehead atoms. The van der Waals surface area contributed by atoms with E-state index in [-0.39, 0.29) is 11.1 Å². The van der Waals surface area contributed by atoms with E-state index >= 15 is 0 Å². The zero-order valence-electron chi connectivity index (χ0n) is 21.5. The van der Waals surface area contributed by atoms with Gasteiger partial charge in [-0.2, -0.15) is 4.37 Å². The Hall–Kier alpha value is -4.01. The Bertz CT molecular complexity index is 1610. The first-order chi connectivity index (χ1) is 19.4. The fraction of sp³-hybridized carbons (Fsp3) is 0.308. The molecule has 206 valence electrons. The van der Waals surface area contributed by atoms with Crippen LogP contribution in [0.1, 0.15) is 25.5 Å². The molecule has 2 N–H and O–H groups in total. The minimum atomic E-state index is -3.79. The van der Waals surface area contributed by atoms with E-state index < -0.39 is 20.6 Å². The molecule has 1 aliphatic heterocycles. The maximum atomic E-state index is 13.8. The summed E-state index contributed by atoms with van der Waals surface area (Å²) < 4.78 is 35.8. The van der Waals surface area contributed by atoms with E-state index in [0.717, 1.165) is 11.5 Å². The highest BCUT2D eigenvalue weighted by molar-refractivity contribution is 7.92. The van der Waals surface area contributed by atoms with Crippen molar-refractivity contribution in [2.75, 3.05) is 35.3 Å². The summed E-state index contributed by atoms with van der Waals surface area (Å²) in [6.45, 7) is 3.77. The Morgan fingerprint density at radius 3 is 2.60 bits per heavy atom. The fourth-order valence-electron chi connectivity index (χ4n) is 4.68. The molecule has 14 heteroatoms. The molecule has 40 heavy (non-hydrogen) atoms. The van der Waals surface area contributed by atoms with Crippen LogP contribution in [-0.4, -0.2) is 64.6 Å². The minimum Gasteiger partial charge on any atom is -0.377 e. The summed E-state index contributed by atoms with van der Waals surface area (Å²) in [6, 6.07) is 13.4. The Kier molecular flexibility index (Phi) is 6.90. The van der Waals surface area contributed by atoms with Crippen molar-refractivity contribution in [3.63, 3.8) is 0 Å². The molecule has 2 amide bonds. The molecule has 0 spiro atoms. The summed E-state index contributed by atoms with van der Waals surface area (Å²) in [5, 5.41) is 5.79. The molecule has 2 aliphatic rings. The van der Waals surface area contributed by atoms with Crippen molar-refractivity contribution in [1.29, 1.82) is 0 Å². The Morgan fingerprint density at radius 1 is 1.10 bits per heavy atom. The molecule has 1 atom stereocenters. The highest BCUT2D eigenvalue weighted by atomic mass is 32.2. The first-order valence-electron chi connectivity index (χ1n) is 12.7. The predicted molar refractivity (Wildman–Crippen MR) is 150 cm³/mol. The predicted octanol–water partition coefficient (Wildman–Crippen LogP) is 3.72. The quantitative estimate of drug-likeness (QED) is 0.332. The van der Waals surface area contributed by atoms with E-state index in [2.05, 4.69) is 29.9 Å². The SMILES string of the molecule is C[C@H]1COCCN1c1cc(C2(S(=O)(=O)c3ccccn3)CC2)nc(-c2ccc(NC(=O)Nc3ncns3)cc2)n1. The second-order valence-electron chi connectivity index (χ2n) is 9.62. The number of rotatable bonds is 7. The van der Waals surface area contributed by atoms with Gasteiger partial charge in [-0.3, -0.25) is 5.32 Å². The van der Waals surface area contributed by atoms with Gasteiger partial charge in [0.25, 0.3) is 0 Å². The Labute approximate surface area is 235 Å². The van der Waals surface area contributed by atoms with E-state index in [9.17, 15) is 13.2 Å². The van der Waals surface area contributed by atoms with Gasteiger partial charge in [-0.25, -0.2) is 33.1 Å². The fourth-order valence-corrected chi connectivity index (χ4v) is 6.99. The normalized spacial score (nSPS) is 18.2. The van der Waals surface area contributed by atoms with E-state index in [1.165, 1.54) is 18.6 Å². The molecule has 6 rings (SSSR count). The maximum Gasteiger partial charge on any atom is 0.325 e. The van der Waals surface area contributed by atoms with Crippen LogP contribution in [0.2, 0.25) is 0 Å². The lowest BCUT2D eigenvalue weighted by molar-refractivity contribution is 0.0985. The van der Waals surface area contributed by atoms with Crippen LogP contribution in [-0.2, 0) is 19.3 Å². The summed E-state index contributed by atoms with van der Waals surface area (Å²) in [4.78, 5) is 32.1. The Morgan fingerprint density at radius 2 is 1.93 bits per heavy atom. The van der Waals surface area contributed by atoms with Crippen LogP contribution < -0.4 is 15.5 Å². The number of aromatic nitrogens is 5. The number of urea groups is 1. The maximum absolute atomic E-state index is 13.8. The molecule has 3 aromatic heterocycles. The smallest absolute Gasteiger partial charge is 0.325 e. The molecule has 2 fully saturated rings. The second-order valence-corrected chi connectivity index (χ2v) is 12.6. The number of amides is 2. The van der Waals surface area contributed by atoms with Crippen LogP contribution >= 0.6 is 11.5 Å². The summed E-state index contributed by atoms with van der Waals surface area (Å²) >= 11 is 1.08. The average Bonchev–Trinajstić information content (AvgIpc) is 3.65. The van der Waals surface area contributed by atoms with E-state index in [4.69, 9.17) is 14.7 Å². The van der Waals surface area contributed by atoms with Gasteiger partial charge in [0, 0.05) is 41.6 Å². The van der Waals surface area contributed by atoms with Gasteiger partial charge in [-0.1, -0.05) is 6.07 Å².